The predicted molar refractivity (Wildman–Crippen MR) is 95.7 cm³/mol. The zero-order valence-corrected chi connectivity index (χ0v) is 15.4. The molecule has 0 fully saturated rings. The fraction of sp³-hybridized carbons (Fsp3) is 0.167. The van der Waals surface area contributed by atoms with Crippen molar-refractivity contribution in [1.29, 1.82) is 0 Å². The lowest BCUT2D eigenvalue weighted by Crippen LogP contribution is -2.28. The Bertz CT molecular complexity index is 819. The monoisotopic (exact) mass is 421 g/mol. The second-order valence-electron chi connectivity index (χ2n) is 5.20. The minimum absolute atomic E-state index is 0.0365. The molecule has 0 radical (unpaired) electrons. The van der Waals surface area contributed by atoms with Gasteiger partial charge in [0.25, 0.3) is 5.91 Å². The van der Waals surface area contributed by atoms with Gasteiger partial charge in [0.2, 0.25) is 0 Å². The van der Waals surface area contributed by atoms with Crippen molar-refractivity contribution in [3.05, 3.63) is 63.6 Å². The number of amides is 1. The van der Waals surface area contributed by atoms with Crippen molar-refractivity contribution in [3.63, 3.8) is 0 Å². The van der Waals surface area contributed by atoms with Crippen molar-refractivity contribution in [3.8, 4) is 5.75 Å². The highest BCUT2D eigenvalue weighted by atomic mass is 79.9. The molecule has 2 N–H and O–H groups in total. The molecule has 2 aromatic carbocycles. The van der Waals surface area contributed by atoms with Gasteiger partial charge in [0.15, 0.2) is 6.61 Å². The van der Waals surface area contributed by atoms with E-state index in [0.29, 0.717) is 10.0 Å². The number of hydrogen-bond acceptors (Lipinski definition) is 6. The number of carbonyl (C=O) groups excluding carboxylic acids is 3. The lowest BCUT2D eigenvalue weighted by molar-refractivity contribution is -0.124. The Morgan fingerprint density at radius 3 is 2.42 bits per heavy atom. The number of hydrogen-bond donors (Lipinski definition) is 2. The van der Waals surface area contributed by atoms with E-state index < -0.39 is 24.5 Å². The molecule has 0 saturated carbocycles. The molecule has 0 saturated heterocycles. The third-order valence-corrected chi connectivity index (χ3v) is 3.87. The molecule has 0 bridgehead atoms. The van der Waals surface area contributed by atoms with Crippen LogP contribution in [0, 0.1) is 0 Å². The lowest BCUT2D eigenvalue weighted by atomic mass is 10.1. The number of ether oxygens (including phenoxy) is 2. The van der Waals surface area contributed by atoms with Crippen molar-refractivity contribution in [2.45, 2.75) is 6.54 Å². The molecule has 0 atom stereocenters. The van der Waals surface area contributed by atoms with Crippen molar-refractivity contribution in [1.82, 2.24) is 5.32 Å². The van der Waals surface area contributed by atoms with Crippen LogP contribution in [-0.4, -0.2) is 36.7 Å². The first-order chi connectivity index (χ1) is 12.4. The molecular weight excluding hydrogens is 406 g/mol. The Kier molecular flexibility index (Phi) is 6.74. The standard InChI is InChI=1S/C18H16BrNO6/c1-25-17(23)12-4-2-11(3-5-12)9-20-16(22)10-26-18(24)14-8-13(19)6-7-15(14)21/h2-8,21H,9-10H2,1H3,(H,20,22). The minimum Gasteiger partial charge on any atom is -0.507 e. The second kappa shape index (κ2) is 9.00. The number of esters is 2. The van der Waals surface area contributed by atoms with E-state index >= 15 is 0 Å². The quantitative estimate of drug-likeness (QED) is 0.694. The van der Waals surface area contributed by atoms with Crippen LogP contribution in [0.2, 0.25) is 0 Å². The molecule has 0 unspecified atom stereocenters. The number of aromatic hydroxyl groups is 1. The summed E-state index contributed by atoms with van der Waals surface area (Å²) in [4.78, 5) is 35.0. The van der Waals surface area contributed by atoms with Crippen molar-refractivity contribution in [2.24, 2.45) is 0 Å². The normalized spacial score (nSPS) is 10.1. The second-order valence-corrected chi connectivity index (χ2v) is 6.12. The maximum atomic E-state index is 11.9. The van der Waals surface area contributed by atoms with E-state index in [2.05, 4.69) is 26.0 Å². The maximum absolute atomic E-state index is 11.9. The fourth-order valence-electron chi connectivity index (χ4n) is 2.01. The summed E-state index contributed by atoms with van der Waals surface area (Å²) in [6, 6.07) is 10.9. The molecule has 26 heavy (non-hydrogen) atoms. The Morgan fingerprint density at radius 2 is 1.77 bits per heavy atom. The zero-order valence-electron chi connectivity index (χ0n) is 13.8. The number of nitrogens with one attached hydrogen (secondary N) is 1. The van der Waals surface area contributed by atoms with E-state index in [0.717, 1.165) is 5.56 Å². The van der Waals surface area contributed by atoms with E-state index in [9.17, 15) is 19.5 Å². The third-order valence-electron chi connectivity index (χ3n) is 3.38. The number of rotatable bonds is 6. The molecule has 7 nitrogen and oxygen atoms in total. The summed E-state index contributed by atoms with van der Waals surface area (Å²) in [6.45, 7) is -0.273. The summed E-state index contributed by atoms with van der Waals surface area (Å²) in [6.07, 6.45) is 0. The molecular formula is C18H16BrNO6. The first kappa shape index (κ1) is 19.5. The van der Waals surface area contributed by atoms with Crippen molar-refractivity contribution >= 4 is 33.8 Å². The first-order valence-corrected chi connectivity index (χ1v) is 8.29. The van der Waals surface area contributed by atoms with Crippen molar-refractivity contribution in [2.75, 3.05) is 13.7 Å². The van der Waals surface area contributed by atoms with E-state index in [-0.39, 0.29) is 17.9 Å². The van der Waals surface area contributed by atoms with Crippen LogP contribution in [0.25, 0.3) is 0 Å². The first-order valence-electron chi connectivity index (χ1n) is 7.50. The molecule has 2 aromatic rings. The highest BCUT2D eigenvalue weighted by Crippen LogP contribution is 2.22. The Labute approximate surface area is 158 Å². The molecule has 1 amide bonds. The van der Waals surface area contributed by atoms with Crippen LogP contribution in [0.1, 0.15) is 26.3 Å². The zero-order chi connectivity index (χ0) is 19.1. The predicted octanol–water partition coefficient (Wildman–Crippen LogP) is 2.41. The highest BCUT2D eigenvalue weighted by molar-refractivity contribution is 9.10. The fourth-order valence-corrected chi connectivity index (χ4v) is 2.37. The average Bonchev–Trinajstić information content (AvgIpc) is 2.66. The van der Waals surface area contributed by atoms with Gasteiger partial charge in [0, 0.05) is 11.0 Å². The molecule has 2 rings (SSSR count). The van der Waals surface area contributed by atoms with Crippen LogP contribution in [0.4, 0.5) is 0 Å². The minimum atomic E-state index is -0.804. The molecule has 8 heteroatoms. The van der Waals surface area contributed by atoms with E-state index in [1.807, 2.05) is 0 Å². The van der Waals surface area contributed by atoms with Gasteiger partial charge in [-0.1, -0.05) is 28.1 Å². The molecule has 0 aliphatic rings. The van der Waals surface area contributed by atoms with Gasteiger partial charge in [-0.3, -0.25) is 4.79 Å². The molecule has 136 valence electrons. The number of benzene rings is 2. The highest BCUT2D eigenvalue weighted by Gasteiger charge is 2.15. The molecule has 0 aliphatic carbocycles. The van der Waals surface area contributed by atoms with Gasteiger partial charge >= 0.3 is 11.9 Å². The van der Waals surface area contributed by atoms with Gasteiger partial charge < -0.3 is 19.9 Å². The topological polar surface area (TPSA) is 102 Å². The summed E-state index contributed by atoms with van der Waals surface area (Å²) in [5.41, 5.74) is 1.14. The lowest BCUT2D eigenvalue weighted by Gasteiger charge is -2.08. The van der Waals surface area contributed by atoms with Gasteiger partial charge in [-0.25, -0.2) is 9.59 Å². The van der Waals surface area contributed by atoms with E-state index in [1.54, 1.807) is 30.3 Å². The molecule has 0 heterocycles. The van der Waals surface area contributed by atoms with Crippen LogP contribution < -0.4 is 5.32 Å². The van der Waals surface area contributed by atoms with Gasteiger partial charge in [-0.15, -0.1) is 0 Å². The van der Waals surface area contributed by atoms with E-state index in [4.69, 9.17) is 4.74 Å². The van der Waals surface area contributed by atoms with Crippen LogP contribution in [0.5, 0.6) is 5.75 Å². The van der Waals surface area contributed by atoms with Crippen LogP contribution >= 0.6 is 15.9 Å². The molecule has 0 aliphatic heterocycles. The smallest absolute Gasteiger partial charge is 0.342 e. The van der Waals surface area contributed by atoms with Gasteiger partial charge in [0.1, 0.15) is 11.3 Å². The Morgan fingerprint density at radius 1 is 1.08 bits per heavy atom. The summed E-state index contributed by atoms with van der Waals surface area (Å²) in [7, 11) is 1.30. The van der Waals surface area contributed by atoms with E-state index in [1.165, 1.54) is 19.2 Å². The number of phenols is 1. The van der Waals surface area contributed by atoms with Gasteiger partial charge in [-0.2, -0.15) is 0 Å². The maximum Gasteiger partial charge on any atom is 0.342 e. The van der Waals surface area contributed by atoms with Gasteiger partial charge in [0.05, 0.1) is 12.7 Å². The van der Waals surface area contributed by atoms with Crippen LogP contribution in [-0.2, 0) is 20.8 Å². The summed E-state index contributed by atoms with van der Waals surface area (Å²) in [5.74, 6) is -1.97. The molecule has 0 spiro atoms. The van der Waals surface area contributed by atoms with Crippen LogP contribution in [0.15, 0.2) is 46.9 Å². The number of halogens is 1. The number of carbonyl (C=O) groups is 3. The third kappa shape index (κ3) is 5.32. The number of methoxy groups -OCH3 is 1. The SMILES string of the molecule is COC(=O)c1ccc(CNC(=O)COC(=O)c2cc(Br)ccc2O)cc1. The summed E-state index contributed by atoms with van der Waals surface area (Å²) >= 11 is 3.19. The average molecular weight is 422 g/mol. The largest absolute Gasteiger partial charge is 0.507 e. The summed E-state index contributed by atoms with van der Waals surface area (Å²) in [5, 5.41) is 12.2. The summed E-state index contributed by atoms with van der Waals surface area (Å²) < 4.78 is 10.1. The Hall–Kier alpha value is -2.87. The van der Waals surface area contributed by atoms with Gasteiger partial charge in [-0.05, 0) is 35.9 Å². The van der Waals surface area contributed by atoms with Crippen LogP contribution in [0.3, 0.4) is 0 Å². The number of phenolic OH excluding ortho intramolecular Hbond substituents is 1. The van der Waals surface area contributed by atoms with Crippen molar-refractivity contribution < 1.29 is 29.0 Å². The Balaban J connectivity index is 1.82. The molecule has 0 aromatic heterocycles.